The highest BCUT2D eigenvalue weighted by molar-refractivity contribution is 5.82. The largest absolute Gasteiger partial charge is 0.360 e. The zero-order valence-electron chi connectivity index (χ0n) is 12.2. The zero-order chi connectivity index (χ0) is 15.0. The van der Waals surface area contributed by atoms with Crippen molar-refractivity contribution in [1.82, 2.24) is 4.98 Å². The van der Waals surface area contributed by atoms with E-state index in [2.05, 4.69) is 4.98 Å². The molecule has 0 unspecified atom stereocenters. The lowest BCUT2D eigenvalue weighted by Gasteiger charge is -2.29. The average Bonchev–Trinajstić information content (AvgIpc) is 2.34. The number of aryl methyl sites for hydroxylation is 1. The molecule has 0 aliphatic carbocycles. The number of fused-ring (bicyclic) bond motifs is 1. The topological polar surface area (TPSA) is 22.1 Å². The monoisotopic (exact) mass is 279 g/mol. The van der Waals surface area contributed by atoms with Crippen LogP contribution in [-0.2, 0) is 11.3 Å². The van der Waals surface area contributed by atoms with Crippen LogP contribution in [0.1, 0.15) is 32.0 Å². The summed E-state index contributed by atoms with van der Waals surface area (Å²) >= 11 is 0. The van der Waals surface area contributed by atoms with Gasteiger partial charge in [0.2, 0.25) is 0 Å². The zero-order valence-corrected chi connectivity index (χ0v) is 12.2. The van der Waals surface area contributed by atoms with E-state index in [1.165, 1.54) is 20.8 Å². The van der Waals surface area contributed by atoms with E-state index in [1.54, 1.807) is 6.07 Å². The molecule has 1 heterocycles. The number of ether oxygens (including phenoxy) is 1. The summed E-state index contributed by atoms with van der Waals surface area (Å²) < 4.78 is 32.6. The number of pyridine rings is 1. The number of halogens is 2. The van der Waals surface area contributed by atoms with Crippen molar-refractivity contribution in [2.24, 2.45) is 5.41 Å². The second-order valence-electron chi connectivity index (χ2n) is 6.00. The van der Waals surface area contributed by atoms with Crippen molar-refractivity contribution in [3.63, 3.8) is 0 Å². The van der Waals surface area contributed by atoms with Crippen LogP contribution in [0.2, 0.25) is 0 Å². The van der Waals surface area contributed by atoms with Crippen molar-refractivity contribution in [2.45, 2.75) is 40.4 Å². The maximum atomic E-state index is 13.9. The standard InChI is InChI=1S/C16H19F2NO/c1-11-9-12(10-20-16(17,18)15(2,3)4)13-7-5-6-8-14(13)19-11/h5-9H,10H2,1-4H3. The molecule has 0 spiro atoms. The Morgan fingerprint density at radius 1 is 1.15 bits per heavy atom. The van der Waals surface area contributed by atoms with Gasteiger partial charge in [0.1, 0.15) is 0 Å². The van der Waals surface area contributed by atoms with Crippen LogP contribution in [0.25, 0.3) is 10.9 Å². The molecule has 2 rings (SSSR count). The predicted octanol–water partition coefficient (Wildman–Crippen LogP) is 4.70. The summed E-state index contributed by atoms with van der Waals surface area (Å²) in [5.74, 6) is 0. The van der Waals surface area contributed by atoms with Gasteiger partial charge in [-0.3, -0.25) is 4.98 Å². The molecule has 0 saturated heterocycles. The normalized spacial score (nSPS) is 12.9. The van der Waals surface area contributed by atoms with E-state index >= 15 is 0 Å². The quantitative estimate of drug-likeness (QED) is 0.812. The van der Waals surface area contributed by atoms with Crippen molar-refractivity contribution in [3.05, 3.63) is 41.6 Å². The highest BCUT2D eigenvalue weighted by Crippen LogP contribution is 2.37. The smallest absolute Gasteiger partial charge is 0.315 e. The van der Waals surface area contributed by atoms with E-state index in [-0.39, 0.29) is 6.61 Å². The van der Waals surface area contributed by atoms with Gasteiger partial charge in [0.15, 0.2) is 0 Å². The van der Waals surface area contributed by atoms with E-state index in [9.17, 15) is 8.78 Å². The molecule has 0 amide bonds. The van der Waals surface area contributed by atoms with Crippen LogP contribution in [0.3, 0.4) is 0 Å². The molecule has 0 bridgehead atoms. The van der Waals surface area contributed by atoms with Crippen molar-refractivity contribution in [3.8, 4) is 0 Å². The minimum atomic E-state index is -3.18. The molecule has 20 heavy (non-hydrogen) atoms. The summed E-state index contributed by atoms with van der Waals surface area (Å²) in [6.07, 6.45) is -3.18. The summed E-state index contributed by atoms with van der Waals surface area (Å²) in [6, 6.07) is 9.28. The first-order chi connectivity index (χ1) is 9.21. The van der Waals surface area contributed by atoms with Crippen LogP contribution in [0.15, 0.2) is 30.3 Å². The lowest BCUT2D eigenvalue weighted by atomic mass is 9.95. The van der Waals surface area contributed by atoms with E-state index in [0.29, 0.717) is 0 Å². The molecule has 4 heteroatoms. The average molecular weight is 279 g/mol. The van der Waals surface area contributed by atoms with Gasteiger partial charge in [0.25, 0.3) is 0 Å². The van der Waals surface area contributed by atoms with Gasteiger partial charge in [-0.05, 0) is 24.6 Å². The first-order valence-electron chi connectivity index (χ1n) is 6.58. The molecule has 0 radical (unpaired) electrons. The molecule has 0 aliphatic rings. The fraction of sp³-hybridized carbons (Fsp3) is 0.438. The second-order valence-corrected chi connectivity index (χ2v) is 6.00. The Morgan fingerprint density at radius 2 is 1.80 bits per heavy atom. The maximum Gasteiger partial charge on any atom is 0.360 e. The third kappa shape index (κ3) is 2.96. The molecular weight excluding hydrogens is 260 g/mol. The minimum absolute atomic E-state index is 0.131. The van der Waals surface area contributed by atoms with Crippen LogP contribution >= 0.6 is 0 Å². The lowest BCUT2D eigenvalue weighted by Crippen LogP contribution is -2.36. The summed E-state index contributed by atoms with van der Waals surface area (Å²) in [5, 5.41) is 0.850. The van der Waals surface area contributed by atoms with E-state index in [0.717, 1.165) is 22.2 Å². The predicted molar refractivity (Wildman–Crippen MR) is 75.7 cm³/mol. The first-order valence-corrected chi connectivity index (χ1v) is 6.58. The molecule has 0 fully saturated rings. The van der Waals surface area contributed by atoms with Crippen LogP contribution in [0, 0.1) is 12.3 Å². The van der Waals surface area contributed by atoms with E-state index < -0.39 is 11.5 Å². The molecule has 2 aromatic rings. The Bertz CT molecular complexity index is 617. The number of para-hydroxylation sites is 1. The fourth-order valence-corrected chi connectivity index (χ4v) is 1.90. The lowest BCUT2D eigenvalue weighted by molar-refractivity contribution is -0.300. The van der Waals surface area contributed by atoms with Crippen molar-refractivity contribution < 1.29 is 13.5 Å². The summed E-state index contributed by atoms with van der Waals surface area (Å²) in [4.78, 5) is 4.39. The third-order valence-corrected chi connectivity index (χ3v) is 3.21. The van der Waals surface area contributed by atoms with E-state index in [4.69, 9.17) is 4.74 Å². The molecule has 2 nitrogen and oxygen atoms in total. The first kappa shape index (κ1) is 14.9. The molecule has 0 saturated carbocycles. The Labute approximate surface area is 117 Å². The van der Waals surface area contributed by atoms with Crippen LogP contribution in [-0.4, -0.2) is 11.1 Å². The van der Waals surface area contributed by atoms with Crippen molar-refractivity contribution in [1.29, 1.82) is 0 Å². The van der Waals surface area contributed by atoms with Crippen molar-refractivity contribution >= 4 is 10.9 Å². The number of hydrogen-bond donors (Lipinski definition) is 0. The van der Waals surface area contributed by atoms with Crippen molar-refractivity contribution in [2.75, 3.05) is 0 Å². The Kier molecular flexibility index (Phi) is 3.78. The third-order valence-electron chi connectivity index (χ3n) is 3.21. The number of aromatic nitrogens is 1. The van der Waals surface area contributed by atoms with Gasteiger partial charge >= 0.3 is 6.11 Å². The SMILES string of the molecule is Cc1cc(COC(F)(F)C(C)(C)C)c2ccccc2n1. The summed E-state index contributed by atoms with van der Waals surface area (Å²) in [5.41, 5.74) is 1.09. The van der Waals surface area contributed by atoms with Crippen LogP contribution in [0.5, 0.6) is 0 Å². The molecule has 1 aromatic heterocycles. The van der Waals surface area contributed by atoms with E-state index in [1.807, 2.05) is 31.2 Å². The number of rotatable bonds is 3. The highest BCUT2D eigenvalue weighted by Gasteiger charge is 2.44. The molecular formula is C16H19F2NO. The summed E-state index contributed by atoms with van der Waals surface area (Å²) in [6.45, 7) is 6.10. The molecule has 0 N–H and O–H groups in total. The maximum absolute atomic E-state index is 13.9. The van der Waals surface area contributed by atoms with Crippen LogP contribution < -0.4 is 0 Å². The van der Waals surface area contributed by atoms with Crippen LogP contribution in [0.4, 0.5) is 8.78 Å². The Balaban J connectivity index is 2.31. The Hall–Kier alpha value is -1.55. The number of hydrogen-bond acceptors (Lipinski definition) is 2. The number of alkyl halides is 2. The summed E-state index contributed by atoms with van der Waals surface area (Å²) in [7, 11) is 0. The molecule has 0 aliphatic heterocycles. The molecule has 1 aromatic carbocycles. The van der Waals surface area contributed by atoms with Gasteiger partial charge in [0, 0.05) is 11.1 Å². The van der Waals surface area contributed by atoms with Gasteiger partial charge in [0.05, 0.1) is 17.5 Å². The molecule has 108 valence electrons. The van der Waals surface area contributed by atoms with Gasteiger partial charge in [-0.1, -0.05) is 39.0 Å². The van der Waals surface area contributed by atoms with Gasteiger partial charge in [-0.15, -0.1) is 0 Å². The van der Waals surface area contributed by atoms with Gasteiger partial charge in [-0.25, -0.2) is 0 Å². The Morgan fingerprint density at radius 3 is 2.45 bits per heavy atom. The number of benzene rings is 1. The van der Waals surface area contributed by atoms with Gasteiger partial charge in [-0.2, -0.15) is 8.78 Å². The second kappa shape index (κ2) is 5.09. The minimum Gasteiger partial charge on any atom is -0.315 e. The highest BCUT2D eigenvalue weighted by atomic mass is 19.3. The molecule has 0 atom stereocenters. The number of nitrogens with zero attached hydrogens (tertiary/aromatic N) is 1. The fourth-order valence-electron chi connectivity index (χ4n) is 1.90. The van der Waals surface area contributed by atoms with Gasteiger partial charge < -0.3 is 4.74 Å².